The summed E-state index contributed by atoms with van der Waals surface area (Å²) in [5.41, 5.74) is 1.55. The van der Waals surface area contributed by atoms with Crippen molar-refractivity contribution < 1.29 is 19.0 Å². The van der Waals surface area contributed by atoms with Crippen LogP contribution in [0.15, 0.2) is 36.4 Å². The van der Waals surface area contributed by atoms with Crippen molar-refractivity contribution in [1.82, 2.24) is 9.88 Å². The molecule has 1 saturated heterocycles. The Morgan fingerprint density at radius 2 is 1.71 bits per heavy atom. The Kier molecular flexibility index (Phi) is 6.31. The van der Waals surface area contributed by atoms with E-state index in [9.17, 15) is 4.79 Å². The maximum atomic E-state index is 12.6. The van der Waals surface area contributed by atoms with Gasteiger partial charge in [0.25, 0.3) is 0 Å². The van der Waals surface area contributed by atoms with Crippen LogP contribution in [0, 0.1) is 0 Å². The van der Waals surface area contributed by atoms with Gasteiger partial charge in [-0.15, -0.1) is 0 Å². The van der Waals surface area contributed by atoms with Crippen LogP contribution in [0.5, 0.6) is 17.2 Å². The minimum Gasteiger partial charge on any atom is -0.495 e. The van der Waals surface area contributed by atoms with Crippen LogP contribution in [0.25, 0.3) is 10.2 Å². The second-order valence-corrected chi connectivity index (χ2v) is 7.98. The van der Waals surface area contributed by atoms with Crippen LogP contribution in [0.4, 0.5) is 15.6 Å². The molecule has 2 heterocycles. The standard InChI is InChI=1S/C22H26N4O4S/c1-4-30-16-7-5-15(6-8-16)23-21(27)25-11-13-26(14-12-25)22-24-19-17(28-2)9-10-18(29-3)20(19)31-22/h5-10H,4,11-14H2,1-3H3,(H,23,27). The fraction of sp³-hybridized carbons (Fsp3) is 0.364. The van der Waals surface area contributed by atoms with Crippen LogP contribution in [0.3, 0.4) is 0 Å². The average Bonchev–Trinajstić information content (AvgIpc) is 3.25. The lowest BCUT2D eigenvalue weighted by atomic mass is 10.3. The van der Waals surface area contributed by atoms with Crippen LogP contribution < -0.4 is 24.4 Å². The number of urea groups is 1. The number of benzene rings is 2. The number of ether oxygens (including phenoxy) is 3. The predicted octanol–water partition coefficient (Wildman–Crippen LogP) is 4.07. The number of carbonyl (C=O) groups is 1. The number of rotatable bonds is 6. The molecule has 1 aromatic heterocycles. The van der Waals surface area contributed by atoms with Gasteiger partial charge >= 0.3 is 6.03 Å². The van der Waals surface area contributed by atoms with Gasteiger partial charge in [-0.25, -0.2) is 9.78 Å². The van der Waals surface area contributed by atoms with Crippen LogP contribution in [0.2, 0.25) is 0 Å². The normalized spacial score (nSPS) is 13.9. The first kappa shape index (κ1) is 21.0. The number of anilines is 2. The lowest BCUT2D eigenvalue weighted by Gasteiger charge is -2.34. The van der Waals surface area contributed by atoms with E-state index in [0.717, 1.165) is 38.3 Å². The van der Waals surface area contributed by atoms with E-state index in [2.05, 4.69) is 10.2 Å². The Morgan fingerprint density at radius 1 is 1.03 bits per heavy atom. The molecule has 2 amide bonds. The van der Waals surface area contributed by atoms with Gasteiger partial charge in [-0.3, -0.25) is 0 Å². The van der Waals surface area contributed by atoms with Crippen molar-refractivity contribution >= 4 is 38.4 Å². The monoisotopic (exact) mass is 442 g/mol. The first-order valence-corrected chi connectivity index (χ1v) is 11.0. The first-order valence-electron chi connectivity index (χ1n) is 10.2. The van der Waals surface area contributed by atoms with E-state index in [0.29, 0.717) is 32.8 Å². The van der Waals surface area contributed by atoms with E-state index in [1.54, 1.807) is 25.6 Å². The highest BCUT2D eigenvalue weighted by Gasteiger charge is 2.24. The largest absolute Gasteiger partial charge is 0.495 e. The molecule has 2 aromatic carbocycles. The molecule has 1 aliphatic rings. The van der Waals surface area contributed by atoms with E-state index in [1.807, 2.05) is 48.2 Å². The number of nitrogens with one attached hydrogen (secondary N) is 1. The molecule has 1 fully saturated rings. The molecule has 3 aromatic rings. The van der Waals surface area contributed by atoms with Gasteiger partial charge in [-0.1, -0.05) is 11.3 Å². The summed E-state index contributed by atoms with van der Waals surface area (Å²) < 4.78 is 17.3. The Hall–Kier alpha value is -3.20. The second kappa shape index (κ2) is 9.30. The van der Waals surface area contributed by atoms with Crippen molar-refractivity contribution in [3.05, 3.63) is 36.4 Å². The highest BCUT2D eigenvalue weighted by molar-refractivity contribution is 7.22. The molecular weight excluding hydrogens is 416 g/mol. The quantitative estimate of drug-likeness (QED) is 0.620. The van der Waals surface area contributed by atoms with Crippen molar-refractivity contribution in [3.63, 3.8) is 0 Å². The van der Waals surface area contributed by atoms with E-state index in [-0.39, 0.29) is 6.03 Å². The zero-order chi connectivity index (χ0) is 21.8. The Morgan fingerprint density at radius 3 is 2.35 bits per heavy atom. The summed E-state index contributed by atoms with van der Waals surface area (Å²) in [7, 11) is 3.30. The van der Waals surface area contributed by atoms with Crippen LogP contribution >= 0.6 is 11.3 Å². The molecule has 0 bridgehead atoms. The topological polar surface area (TPSA) is 76.2 Å². The molecule has 4 rings (SSSR count). The second-order valence-electron chi connectivity index (χ2n) is 7.01. The molecular formula is C22H26N4O4S. The molecule has 0 aliphatic carbocycles. The average molecular weight is 443 g/mol. The molecule has 9 heteroatoms. The predicted molar refractivity (Wildman–Crippen MR) is 123 cm³/mol. The molecule has 31 heavy (non-hydrogen) atoms. The molecule has 1 aliphatic heterocycles. The van der Waals surface area contributed by atoms with Crippen LogP contribution in [-0.2, 0) is 0 Å². The van der Waals surface area contributed by atoms with Gasteiger partial charge in [0.05, 0.1) is 20.8 Å². The number of carbonyl (C=O) groups excluding carboxylic acids is 1. The summed E-state index contributed by atoms with van der Waals surface area (Å²) in [5.74, 6) is 2.30. The molecule has 0 spiro atoms. The number of methoxy groups -OCH3 is 2. The first-order chi connectivity index (χ1) is 15.1. The third-order valence-corrected chi connectivity index (χ3v) is 6.28. The van der Waals surface area contributed by atoms with Crippen LogP contribution in [0.1, 0.15) is 6.92 Å². The molecule has 0 radical (unpaired) electrons. The number of hydrogen-bond donors (Lipinski definition) is 1. The zero-order valence-corrected chi connectivity index (χ0v) is 18.7. The maximum Gasteiger partial charge on any atom is 0.321 e. The van der Waals surface area contributed by atoms with E-state index in [1.165, 1.54) is 0 Å². The van der Waals surface area contributed by atoms with Gasteiger partial charge in [-0.05, 0) is 43.3 Å². The van der Waals surface area contributed by atoms with Gasteiger partial charge in [0, 0.05) is 31.9 Å². The number of hydrogen-bond acceptors (Lipinski definition) is 7. The van der Waals surface area contributed by atoms with Crippen molar-refractivity contribution in [2.24, 2.45) is 0 Å². The number of piperazine rings is 1. The summed E-state index contributed by atoms with van der Waals surface area (Å²) in [4.78, 5) is 21.5. The number of amides is 2. The lowest BCUT2D eigenvalue weighted by Crippen LogP contribution is -2.50. The summed E-state index contributed by atoms with van der Waals surface area (Å²) in [6, 6.07) is 11.1. The molecule has 1 N–H and O–H groups in total. The van der Waals surface area contributed by atoms with E-state index in [4.69, 9.17) is 19.2 Å². The third-order valence-electron chi connectivity index (χ3n) is 5.15. The molecule has 0 atom stereocenters. The highest BCUT2D eigenvalue weighted by Crippen LogP contribution is 2.40. The summed E-state index contributed by atoms with van der Waals surface area (Å²) in [6.07, 6.45) is 0. The molecule has 164 valence electrons. The highest BCUT2D eigenvalue weighted by atomic mass is 32.1. The smallest absolute Gasteiger partial charge is 0.321 e. The van der Waals surface area contributed by atoms with Crippen molar-refractivity contribution in [3.8, 4) is 17.2 Å². The van der Waals surface area contributed by atoms with Crippen LogP contribution in [-0.4, -0.2) is 62.9 Å². The zero-order valence-electron chi connectivity index (χ0n) is 17.9. The molecule has 0 saturated carbocycles. The summed E-state index contributed by atoms with van der Waals surface area (Å²) in [6.45, 7) is 5.21. The number of thiazole rings is 1. The van der Waals surface area contributed by atoms with Gasteiger partial charge in [-0.2, -0.15) is 0 Å². The molecule has 8 nitrogen and oxygen atoms in total. The SMILES string of the molecule is CCOc1ccc(NC(=O)N2CCN(c3nc4c(OC)ccc(OC)c4s3)CC2)cc1. The lowest BCUT2D eigenvalue weighted by molar-refractivity contribution is 0.208. The summed E-state index contributed by atoms with van der Waals surface area (Å²) in [5, 5.41) is 3.86. The van der Waals surface area contributed by atoms with Crippen molar-refractivity contribution in [2.45, 2.75) is 6.92 Å². The fourth-order valence-electron chi connectivity index (χ4n) is 3.51. The van der Waals surface area contributed by atoms with E-state index < -0.39 is 0 Å². The fourth-order valence-corrected chi connectivity index (χ4v) is 4.64. The number of fused-ring (bicyclic) bond motifs is 1. The minimum atomic E-state index is -0.101. The van der Waals surface area contributed by atoms with Crippen molar-refractivity contribution in [1.29, 1.82) is 0 Å². The maximum absolute atomic E-state index is 12.6. The van der Waals surface area contributed by atoms with Gasteiger partial charge in [0.2, 0.25) is 0 Å². The van der Waals surface area contributed by atoms with Crippen molar-refractivity contribution in [2.75, 3.05) is 57.2 Å². The van der Waals surface area contributed by atoms with Gasteiger partial charge in [0.1, 0.15) is 27.5 Å². The summed E-state index contributed by atoms with van der Waals surface area (Å²) >= 11 is 1.58. The third kappa shape index (κ3) is 4.46. The van der Waals surface area contributed by atoms with Gasteiger partial charge in [0.15, 0.2) is 5.13 Å². The Labute approximate surface area is 185 Å². The molecule has 0 unspecified atom stereocenters. The van der Waals surface area contributed by atoms with Gasteiger partial charge < -0.3 is 29.3 Å². The number of aromatic nitrogens is 1. The van der Waals surface area contributed by atoms with E-state index >= 15 is 0 Å². The Bertz CT molecular complexity index is 1000. The number of nitrogens with zero attached hydrogens (tertiary/aromatic N) is 3. The minimum absolute atomic E-state index is 0.101. The Balaban J connectivity index is 1.39.